The third-order valence-corrected chi connectivity index (χ3v) is 3.22. The van der Waals surface area contributed by atoms with Gasteiger partial charge in [-0.1, -0.05) is 19.3 Å². The van der Waals surface area contributed by atoms with Gasteiger partial charge in [-0.05, 0) is 18.3 Å². The Bertz CT molecular complexity index is 223. The first-order valence-corrected chi connectivity index (χ1v) is 4.98. The standard InChI is InChI=1S/C10H14NO2/c12-8-6-10(7-9(13)11-8)4-2-1-3-5-10/h1-7H2. The molecule has 0 bridgehead atoms. The summed E-state index contributed by atoms with van der Waals surface area (Å²) in [6.45, 7) is 0. The number of imide groups is 1. The first-order valence-electron chi connectivity index (χ1n) is 4.98. The highest BCUT2D eigenvalue weighted by Gasteiger charge is 2.40. The number of piperidine rings is 1. The lowest BCUT2D eigenvalue weighted by Crippen LogP contribution is -2.41. The van der Waals surface area contributed by atoms with Gasteiger partial charge in [0.15, 0.2) is 0 Å². The molecule has 0 aromatic rings. The highest BCUT2D eigenvalue weighted by molar-refractivity contribution is 5.98. The normalized spacial score (nSPS) is 27.4. The number of hydrogen-bond acceptors (Lipinski definition) is 2. The van der Waals surface area contributed by atoms with E-state index in [4.69, 9.17) is 0 Å². The van der Waals surface area contributed by atoms with E-state index in [0.29, 0.717) is 12.8 Å². The Balaban J connectivity index is 2.11. The first-order chi connectivity index (χ1) is 6.20. The van der Waals surface area contributed by atoms with Crippen molar-refractivity contribution in [3.05, 3.63) is 0 Å². The molecule has 0 aromatic carbocycles. The Labute approximate surface area is 77.9 Å². The molecule has 3 heteroatoms. The Morgan fingerprint density at radius 1 is 0.923 bits per heavy atom. The third kappa shape index (κ3) is 1.74. The van der Waals surface area contributed by atoms with Crippen molar-refractivity contribution in [1.82, 2.24) is 5.32 Å². The number of hydrogen-bond donors (Lipinski definition) is 0. The minimum atomic E-state index is -0.196. The fourth-order valence-electron chi connectivity index (χ4n) is 2.58. The Kier molecular flexibility index (Phi) is 2.10. The van der Waals surface area contributed by atoms with Crippen LogP contribution in [0.2, 0.25) is 0 Å². The molecule has 1 saturated carbocycles. The van der Waals surface area contributed by atoms with Crippen molar-refractivity contribution in [2.24, 2.45) is 5.41 Å². The average molecular weight is 180 g/mol. The summed E-state index contributed by atoms with van der Waals surface area (Å²) in [6.07, 6.45) is 6.69. The maximum Gasteiger partial charge on any atom is 0.249 e. The second-order valence-electron chi connectivity index (χ2n) is 4.31. The lowest BCUT2D eigenvalue weighted by atomic mass is 9.68. The molecule has 1 spiro atoms. The minimum Gasteiger partial charge on any atom is -0.272 e. The van der Waals surface area contributed by atoms with E-state index in [9.17, 15) is 9.59 Å². The number of amides is 2. The molecule has 2 fully saturated rings. The Hall–Kier alpha value is -0.860. The molecule has 2 aliphatic rings. The second-order valence-corrected chi connectivity index (χ2v) is 4.31. The van der Waals surface area contributed by atoms with Gasteiger partial charge >= 0.3 is 0 Å². The van der Waals surface area contributed by atoms with E-state index in [1.807, 2.05) is 0 Å². The summed E-state index contributed by atoms with van der Waals surface area (Å²) in [7, 11) is 0. The van der Waals surface area contributed by atoms with E-state index in [-0.39, 0.29) is 17.2 Å². The quantitative estimate of drug-likeness (QED) is 0.529. The van der Waals surface area contributed by atoms with Gasteiger partial charge in [0.05, 0.1) is 0 Å². The summed E-state index contributed by atoms with van der Waals surface area (Å²) in [5.41, 5.74) is 0.00810. The molecule has 1 aliphatic carbocycles. The van der Waals surface area contributed by atoms with Crippen LogP contribution in [0.25, 0.3) is 0 Å². The maximum atomic E-state index is 11.2. The van der Waals surface area contributed by atoms with Crippen LogP contribution in [0, 0.1) is 5.41 Å². The summed E-state index contributed by atoms with van der Waals surface area (Å²) in [6, 6.07) is 0. The van der Waals surface area contributed by atoms with Gasteiger partial charge in [-0.25, -0.2) is 0 Å². The van der Waals surface area contributed by atoms with Crippen LogP contribution in [-0.2, 0) is 9.59 Å². The van der Waals surface area contributed by atoms with E-state index < -0.39 is 0 Å². The zero-order chi connectivity index (χ0) is 9.31. The molecule has 0 unspecified atom stereocenters. The van der Waals surface area contributed by atoms with Gasteiger partial charge in [-0.2, -0.15) is 5.32 Å². The van der Waals surface area contributed by atoms with Gasteiger partial charge in [-0.3, -0.25) is 9.59 Å². The predicted octanol–water partition coefficient (Wildman–Crippen LogP) is 1.39. The second kappa shape index (κ2) is 3.13. The van der Waals surface area contributed by atoms with E-state index in [1.54, 1.807) is 0 Å². The molecule has 3 nitrogen and oxygen atoms in total. The third-order valence-electron chi connectivity index (χ3n) is 3.22. The number of rotatable bonds is 0. The molecule has 13 heavy (non-hydrogen) atoms. The smallest absolute Gasteiger partial charge is 0.249 e. The van der Waals surface area contributed by atoms with Crippen LogP contribution in [0.5, 0.6) is 0 Å². The molecule has 0 aromatic heterocycles. The molecule has 1 radical (unpaired) electrons. The zero-order valence-electron chi connectivity index (χ0n) is 7.71. The van der Waals surface area contributed by atoms with Crippen molar-refractivity contribution in [1.29, 1.82) is 0 Å². The Morgan fingerprint density at radius 2 is 1.46 bits per heavy atom. The molecular weight excluding hydrogens is 166 g/mol. The lowest BCUT2D eigenvalue weighted by molar-refractivity contribution is -0.139. The largest absolute Gasteiger partial charge is 0.272 e. The zero-order valence-corrected chi connectivity index (χ0v) is 7.71. The van der Waals surface area contributed by atoms with Gasteiger partial charge in [-0.15, -0.1) is 0 Å². The van der Waals surface area contributed by atoms with Gasteiger partial charge < -0.3 is 0 Å². The van der Waals surface area contributed by atoms with Gasteiger partial charge in [0.2, 0.25) is 11.8 Å². The SMILES string of the molecule is O=C1CC2(CCCCC2)CC(=O)[N]1. The molecule has 1 saturated heterocycles. The monoisotopic (exact) mass is 180 g/mol. The average Bonchev–Trinajstić information content (AvgIpc) is 2.02. The topological polar surface area (TPSA) is 48.2 Å². The van der Waals surface area contributed by atoms with Gasteiger partial charge in [0.1, 0.15) is 0 Å². The molecule has 1 aliphatic heterocycles. The van der Waals surface area contributed by atoms with Crippen molar-refractivity contribution in [2.45, 2.75) is 44.9 Å². The maximum absolute atomic E-state index is 11.2. The molecule has 2 amide bonds. The van der Waals surface area contributed by atoms with Crippen molar-refractivity contribution in [2.75, 3.05) is 0 Å². The lowest BCUT2D eigenvalue weighted by Gasteiger charge is -2.38. The van der Waals surface area contributed by atoms with Crippen molar-refractivity contribution < 1.29 is 9.59 Å². The van der Waals surface area contributed by atoms with Crippen molar-refractivity contribution in [3.63, 3.8) is 0 Å². The number of carbonyl (C=O) groups excluding carboxylic acids is 2. The highest BCUT2D eigenvalue weighted by atomic mass is 16.2. The fraction of sp³-hybridized carbons (Fsp3) is 0.800. The predicted molar refractivity (Wildman–Crippen MR) is 46.9 cm³/mol. The van der Waals surface area contributed by atoms with Crippen molar-refractivity contribution >= 4 is 11.8 Å². The van der Waals surface area contributed by atoms with E-state index in [1.165, 1.54) is 19.3 Å². The summed E-state index contributed by atoms with van der Waals surface area (Å²) in [5, 5.41) is 3.45. The van der Waals surface area contributed by atoms with Crippen LogP contribution in [0.3, 0.4) is 0 Å². The molecule has 71 valence electrons. The Morgan fingerprint density at radius 3 is 2.00 bits per heavy atom. The van der Waals surface area contributed by atoms with Crippen LogP contribution in [0.1, 0.15) is 44.9 Å². The van der Waals surface area contributed by atoms with Gasteiger partial charge in [0, 0.05) is 12.8 Å². The van der Waals surface area contributed by atoms with Crippen LogP contribution in [0.15, 0.2) is 0 Å². The minimum absolute atomic E-state index is 0.00810. The molecule has 0 atom stereocenters. The van der Waals surface area contributed by atoms with Crippen LogP contribution in [-0.4, -0.2) is 11.8 Å². The van der Waals surface area contributed by atoms with E-state index in [0.717, 1.165) is 12.8 Å². The summed E-state index contributed by atoms with van der Waals surface area (Å²) in [5.74, 6) is -0.392. The van der Waals surface area contributed by atoms with Gasteiger partial charge in [0.25, 0.3) is 0 Å². The summed E-state index contributed by atoms with van der Waals surface area (Å²) < 4.78 is 0. The first kappa shape index (κ1) is 8.73. The fourth-order valence-corrected chi connectivity index (χ4v) is 2.58. The summed E-state index contributed by atoms with van der Waals surface area (Å²) >= 11 is 0. The van der Waals surface area contributed by atoms with Crippen molar-refractivity contribution in [3.8, 4) is 0 Å². The van der Waals surface area contributed by atoms with E-state index >= 15 is 0 Å². The number of carbonyl (C=O) groups is 2. The molecule has 0 N–H and O–H groups in total. The highest BCUT2D eigenvalue weighted by Crippen LogP contribution is 2.43. The van der Waals surface area contributed by atoms with E-state index in [2.05, 4.69) is 5.32 Å². The number of nitrogens with zero attached hydrogens (tertiary/aromatic N) is 1. The molecular formula is C10H14NO2. The molecule has 2 rings (SSSR count). The van der Waals surface area contributed by atoms with Crippen LogP contribution >= 0.6 is 0 Å². The molecule has 1 heterocycles. The summed E-state index contributed by atoms with van der Waals surface area (Å²) in [4.78, 5) is 22.3. The van der Waals surface area contributed by atoms with Crippen LogP contribution < -0.4 is 5.32 Å². The van der Waals surface area contributed by atoms with Crippen LogP contribution in [0.4, 0.5) is 0 Å².